The Kier molecular flexibility index (Phi) is 2.76. The highest BCUT2D eigenvalue weighted by atomic mass is 16.2. The Morgan fingerprint density at radius 1 is 1.22 bits per heavy atom. The molecule has 0 radical (unpaired) electrons. The number of hydrogen-bond acceptors (Lipinski definition) is 3. The fraction of sp³-hybridized carbons (Fsp3) is 0.385. The molecule has 5 heteroatoms. The van der Waals surface area contributed by atoms with Gasteiger partial charge in [0, 0.05) is 13.1 Å². The Bertz CT molecular complexity index is 452. The van der Waals surface area contributed by atoms with Gasteiger partial charge in [-0.2, -0.15) is 5.01 Å². The van der Waals surface area contributed by atoms with Crippen LogP contribution in [0.1, 0.15) is 18.4 Å². The van der Waals surface area contributed by atoms with E-state index in [0.29, 0.717) is 13.1 Å². The lowest BCUT2D eigenvalue weighted by molar-refractivity contribution is -0.130. The minimum Gasteiger partial charge on any atom is -0.311 e. The van der Waals surface area contributed by atoms with Crippen molar-refractivity contribution >= 4 is 11.9 Å². The maximum Gasteiger partial charge on any atom is 0.342 e. The van der Waals surface area contributed by atoms with Gasteiger partial charge in [0.15, 0.2) is 0 Å². The predicted molar refractivity (Wildman–Crippen MR) is 65.3 cm³/mol. The summed E-state index contributed by atoms with van der Waals surface area (Å²) in [6.07, 6.45) is 1.71. The second-order valence-electron chi connectivity index (χ2n) is 4.63. The Morgan fingerprint density at radius 3 is 2.72 bits per heavy atom. The number of benzene rings is 1. The highest BCUT2D eigenvalue weighted by Gasteiger charge is 2.47. The number of nitrogens with zero attached hydrogens (tertiary/aromatic N) is 2. The molecule has 18 heavy (non-hydrogen) atoms. The highest BCUT2D eigenvalue weighted by molar-refractivity contribution is 6.04. The number of nitrogens with one attached hydrogen (secondary N) is 1. The number of urea groups is 1. The summed E-state index contributed by atoms with van der Waals surface area (Å²) in [5.74, 6) is -0.117. The van der Waals surface area contributed by atoms with Crippen LogP contribution in [0.2, 0.25) is 0 Å². The molecule has 0 saturated carbocycles. The summed E-state index contributed by atoms with van der Waals surface area (Å²) in [6.45, 7) is 1.18. The molecule has 5 nitrogen and oxygen atoms in total. The second kappa shape index (κ2) is 4.42. The summed E-state index contributed by atoms with van der Waals surface area (Å²) in [6, 6.07) is 9.27. The molecule has 1 unspecified atom stereocenters. The van der Waals surface area contributed by atoms with Crippen LogP contribution in [0.15, 0.2) is 30.3 Å². The zero-order valence-corrected chi connectivity index (χ0v) is 10.0. The molecule has 0 aliphatic carbocycles. The lowest BCUT2D eigenvalue weighted by Gasteiger charge is -2.16. The van der Waals surface area contributed by atoms with Gasteiger partial charge in [-0.3, -0.25) is 4.79 Å². The molecule has 2 saturated heterocycles. The first kappa shape index (κ1) is 11.2. The number of carbonyl (C=O) groups is 2. The van der Waals surface area contributed by atoms with Crippen molar-refractivity contribution in [3.63, 3.8) is 0 Å². The van der Waals surface area contributed by atoms with Gasteiger partial charge in [-0.1, -0.05) is 30.3 Å². The first-order valence-corrected chi connectivity index (χ1v) is 6.19. The number of amides is 3. The van der Waals surface area contributed by atoms with Gasteiger partial charge >= 0.3 is 6.03 Å². The second-order valence-corrected chi connectivity index (χ2v) is 4.63. The van der Waals surface area contributed by atoms with E-state index >= 15 is 0 Å². The molecule has 0 bridgehead atoms. The lowest BCUT2D eigenvalue weighted by atomic mass is 10.2. The van der Waals surface area contributed by atoms with Crippen LogP contribution in [0.25, 0.3) is 0 Å². The van der Waals surface area contributed by atoms with Crippen LogP contribution in [-0.2, 0) is 11.3 Å². The van der Waals surface area contributed by atoms with Gasteiger partial charge in [0.25, 0.3) is 5.91 Å². The molecular weight excluding hydrogens is 230 g/mol. The average Bonchev–Trinajstić information content (AvgIpc) is 2.95. The van der Waals surface area contributed by atoms with E-state index in [2.05, 4.69) is 5.43 Å². The van der Waals surface area contributed by atoms with E-state index in [9.17, 15) is 9.59 Å². The van der Waals surface area contributed by atoms with E-state index in [1.165, 1.54) is 0 Å². The largest absolute Gasteiger partial charge is 0.342 e. The van der Waals surface area contributed by atoms with Crippen LogP contribution >= 0.6 is 0 Å². The monoisotopic (exact) mass is 245 g/mol. The fourth-order valence-corrected chi connectivity index (χ4v) is 2.54. The van der Waals surface area contributed by atoms with Gasteiger partial charge in [-0.15, -0.1) is 0 Å². The minimum atomic E-state index is -0.235. The predicted octanol–water partition coefficient (Wildman–Crippen LogP) is 1.12. The van der Waals surface area contributed by atoms with Crippen molar-refractivity contribution in [1.82, 2.24) is 15.3 Å². The van der Waals surface area contributed by atoms with E-state index in [4.69, 9.17) is 0 Å². The van der Waals surface area contributed by atoms with E-state index < -0.39 is 0 Å². The standard InChI is InChI=1S/C13H15N3O2/c17-12-11-7-4-8-15(11)13(18)16(12)14-9-10-5-2-1-3-6-10/h1-3,5-6,11,14H,4,7-9H2. The third-order valence-electron chi connectivity index (χ3n) is 3.48. The van der Waals surface area contributed by atoms with Crippen molar-refractivity contribution in [3.05, 3.63) is 35.9 Å². The fourth-order valence-electron chi connectivity index (χ4n) is 2.54. The Labute approximate surface area is 105 Å². The summed E-state index contributed by atoms with van der Waals surface area (Å²) < 4.78 is 0. The molecule has 0 aromatic heterocycles. The molecule has 2 fully saturated rings. The van der Waals surface area contributed by atoms with Crippen molar-refractivity contribution in [3.8, 4) is 0 Å². The molecule has 1 aromatic rings. The number of hydrogen-bond donors (Lipinski definition) is 1. The van der Waals surface area contributed by atoms with Crippen molar-refractivity contribution < 1.29 is 9.59 Å². The molecule has 1 N–H and O–H groups in total. The number of carbonyl (C=O) groups excluding carboxylic acids is 2. The normalized spacial score (nSPS) is 22.8. The average molecular weight is 245 g/mol. The van der Waals surface area contributed by atoms with Crippen LogP contribution in [0, 0.1) is 0 Å². The van der Waals surface area contributed by atoms with Gasteiger partial charge in [-0.05, 0) is 18.4 Å². The van der Waals surface area contributed by atoms with Crippen LogP contribution in [0.4, 0.5) is 4.79 Å². The van der Waals surface area contributed by atoms with Crippen molar-refractivity contribution in [1.29, 1.82) is 0 Å². The van der Waals surface area contributed by atoms with Gasteiger partial charge in [-0.25, -0.2) is 10.2 Å². The SMILES string of the molecule is O=C1C2CCCN2C(=O)N1NCc1ccccc1. The molecule has 1 aromatic carbocycles. The van der Waals surface area contributed by atoms with Crippen LogP contribution in [0.3, 0.4) is 0 Å². The summed E-state index contributed by atoms with van der Waals surface area (Å²) >= 11 is 0. The Hall–Kier alpha value is -1.88. The minimum absolute atomic E-state index is 0.117. The summed E-state index contributed by atoms with van der Waals surface area (Å²) in [5.41, 5.74) is 3.97. The maximum atomic E-state index is 12.0. The molecule has 3 amide bonds. The summed E-state index contributed by atoms with van der Waals surface area (Å²) in [7, 11) is 0. The molecule has 2 aliphatic heterocycles. The number of fused-ring (bicyclic) bond motifs is 1. The third kappa shape index (κ3) is 1.76. The van der Waals surface area contributed by atoms with Crippen molar-refractivity contribution in [2.24, 2.45) is 0 Å². The van der Waals surface area contributed by atoms with Crippen molar-refractivity contribution in [2.75, 3.05) is 6.54 Å². The molecule has 3 rings (SSSR count). The Morgan fingerprint density at radius 2 is 2.00 bits per heavy atom. The van der Waals surface area contributed by atoms with Gasteiger partial charge in [0.05, 0.1) is 0 Å². The maximum absolute atomic E-state index is 12.0. The van der Waals surface area contributed by atoms with E-state index in [1.807, 2.05) is 30.3 Å². The zero-order chi connectivity index (χ0) is 12.5. The van der Waals surface area contributed by atoms with E-state index in [0.717, 1.165) is 23.4 Å². The molecule has 94 valence electrons. The lowest BCUT2D eigenvalue weighted by Crippen LogP contribution is -2.43. The molecule has 2 aliphatic rings. The molecular formula is C13H15N3O2. The first-order valence-electron chi connectivity index (χ1n) is 6.19. The van der Waals surface area contributed by atoms with E-state index in [1.54, 1.807) is 4.90 Å². The number of rotatable bonds is 3. The molecule has 0 spiro atoms. The first-order chi connectivity index (χ1) is 8.77. The Balaban J connectivity index is 1.67. The molecule has 2 heterocycles. The smallest absolute Gasteiger partial charge is 0.311 e. The highest BCUT2D eigenvalue weighted by Crippen LogP contribution is 2.26. The molecule has 1 atom stereocenters. The summed E-state index contributed by atoms with van der Waals surface area (Å²) in [5, 5.41) is 1.16. The van der Waals surface area contributed by atoms with Crippen LogP contribution in [0.5, 0.6) is 0 Å². The van der Waals surface area contributed by atoms with Gasteiger partial charge in [0.1, 0.15) is 6.04 Å². The van der Waals surface area contributed by atoms with Crippen molar-refractivity contribution in [2.45, 2.75) is 25.4 Å². The van der Waals surface area contributed by atoms with Gasteiger partial charge in [0.2, 0.25) is 0 Å². The summed E-state index contributed by atoms with van der Waals surface area (Å²) in [4.78, 5) is 25.7. The van der Waals surface area contributed by atoms with Crippen LogP contribution < -0.4 is 5.43 Å². The third-order valence-corrected chi connectivity index (χ3v) is 3.48. The topological polar surface area (TPSA) is 52.7 Å². The zero-order valence-electron chi connectivity index (χ0n) is 10.0. The quantitative estimate of drug-likeness (QED) is 0.812. The van der Waals surface area contributed by atoms with Crippen LogP contribution in [-0.4, -0.2) is 34.4 Å². The van der Waals surface area contributed by atoms with E-state index in [-0.39, 0.29) is 18.0 Å². The van der Waals surface area contributed by atoms with Gasteiger partial charge < -0.3 is 4.90 Å². The number of hydrazine groups is 1. The number of imide groups is 1.